The van der Waals surface area contributed by atoms with Crippen molar-refractivity contribution in [3.05, 3.63) is 109 Å². The van der Waals surface area contributed by atoms with Crippen molar-refractivity contribution in [1.29, 1.82) is 0 Å². The number of methoxy groups -OCH3 is 2. The number of amides is 2. The Balaban J connectivity index is 1.41. The van der Waals surface area contributed by atoms with Gasteiger partial charge in [0.25, 0.3) is 23.2 Å². The van der Waals surface area contributed by atoms with Gasteiger partial charge in [-0.25, -0.2) is 0 Å². The van der Waals surface area contributed by atoms with Crippen LogP contribution in [0.3, 0.4) is 0 Å². The topological polar surface area (TPSA) is 216 Å². The lowest BCUT2D eigenvalue weighted by Gasteiger charge is -2.38. The van der Waals surface area contributed by atoms with E-state index < -0.39 is 76.9 Å². The van der Waals surface area contributed by atoms with Crippen LogP contribution in [0.5, 0.6) is 28.7 Å². The second kappa shape index (κ2) is 19.4. The van der Waals surface area contributed by atoms with E-state index in [2.05, 4.69) is 51.2 Å². The third kappa shape index (κ3) is 11.4. The maximum absolute atomic E-state index is 14.1. The van der Waals surface area contributed by atoms with Crippen molar-refractivity contribution in [1.82, 2.24) is 9.80 Å². The molecule has 0 bridgehead atoms. The molecule has 2 fully saturated rings. The maximum Gasteiger partial charge on any atom is 0.488 e. The molecule has 0 unspecified atom stereocenters. The van der Waals surface area contributed by atoms with Crippen molar-refractivity contribution in [2.75, 3.05) is 33.9 Å². The molecular weight excluding hydrogens is 876 g/mol. The number of hydrogen-bond acceptors (Lipinski definition) is 14. The summed E-state index contributed by atoms with van der Waals surface area (Å²) >= 11 is 0. The number of likely N-dealkylation sites (tertiary alicyclic amines) is 2. The highest BCUT2D eigenvalue weighted by atomic mass is 32.3. The van der Waals surface area contributed by atoms with Crippen molar-refractivity contribution in [3.8, 4) is 28.7 Å². The number of hydrogen-bond donors (Lipinski definition) is 0. The van der Waals surface area contributed by atoms with Gasteiger partial charge in [-0.15, -0.1) is 0 Å². The number of halogens is 1. The normalized spacial score (nSPS) is 16.8. The molecule has 0 spiro atoms. The van der Waals surface area contributed by atoms with Gasteiger partial charge >= 0.3 is 10.5 Å². The summed E-state index contributed by atoms with van der Waals surface area (Å²) in [7, 11) is -5.19. The first kappa shape index (κ1) is 49.0. The molecule has 0 N–H and O–H groups in total. The van der Waals surface area contributed by atoms with Crippen molar-refractivity contribution < 1.29 is 59.3 Å². The van der Waals surface area contributed by atoms with Gasteiger partial charge in [-0.3, -0.25) is 29.8 Å². The Morgan fingerprint density at radius 3 is 1.61 bits per heavy atom. The number of carbonyl (C=O) groups excluding carboxylic acids is 2. The summed E-state index contributed by atoms with van der Waals surface area (Å²) in [5.74, 6) is -2.09. The Morgan fingerprint density at radius 2 is 1.22 bits per heavy atom. The lowest BCUT2D eigenvalue weighted by Crippen LogP contribution is -2.46. The van der Waals surface area contributed by atoms with Gasteiger partial charge in [0.2, 0.25) is 0 Å². The van der Waals surface area contributed by atoms with Gasteiger partial charge < -0.3 is 37.4 Å². The van der Waals surface area contributed by atoms with Crippen molar-refractivity contribution >= 4 is 42.0 Å². The van der Waals surface area contributed by atoms with Gasteiger partial charge in [0.15, 0.2) is 31.3 Å². The fourth-order valence-electron chi connectivity index (χ4n) is 7.24. The summed E-state index contributed by atoms with van der Waals surface area (Å²) in [5.41, 5.74) is 0.275. The van der Waals surface area contributed by atoms with Gasteiger partial charge in [0, 0.05) is 31.3 Å². The van der Waals surface area contributed by atoms with Crippen molar-refractivity contribution in [2.24, 2.45) is 0 Å². The molecule has 0 radical (unpaired) electrons. The molecule has 21 heteroatoms. The van der Waals surface area contributed by atoms with Crippen LogP contribution >= 0.6 is 0 Å². The van der Waals surface area contributed by atoms with E-state index in [9.17, 15) is 42.1 Å². The van der Waals surface area contributed by atoms with Crippen molar-refractivity contribution in [2.45, 2.75) is 90.4 Å². The summed E-state index contributed by atoms with van der Waals surface area (Å²) in [6.07, 6.45) is 1.64. The zero-order chi connectivity index (χ0) is 47.5. The minimum absolute atomic E-state index is 0.0254. The maximum atomic E-state index is 14.1. The first-order chi connectivity index (χ1) is 29.9. The van der Waals surface area contributed by atoms with E-state index in [1.165, 1.54) is 42.2 Å². The molecular formula is C43H53FN4O14SSi. The minimum Gasteiger partial charge on any atom is -0.493 e. The van der Waals surface area contributed by atoms with Crippen LogP contribution in [0, 0.1) is 20.2 Å². The van der Waals surface area contributed by atoms with Crippen LogP contribution in [0.4, 0.5) is 15.3 Å². The number of benzene rings is 3. The SMILES string of the molecule is C=C1C[C@@H](CC)N(C(=O)c2cc(OC)c(OCc3cc(COc4cc([N+](=O)[O-])c(C(=O)N5CC(=C)C[C@H]5CO[Si](C)(C)C(C)(C)C)cc4OC)cc(OS(=O)(=O)F)c3)cc2[N+](=O)[O-])C1. The molecule has 3 aromatic rings. The molecule has 2 amide bonds. The fraction of sp³-hybridized carbons (Fsp3) is 0.442. The highest BCUT2D eigenvalue weighted by Crippen LogP contribution is 2.41. The van der Waals surface area contributed by atoms with Crippen LogP contribution in [0.1, 0.15) is 78.8 Å². The molecule has 2 heterocycles. The van der Waals surface area contributed by atoms with E-state index in [1.807, 2.05) is 6.92 Å². The Bertz CT molecular complexity index is 2470. The molecule has 346 valence electrons. The smallest absolute Gasteiger partial charge is 0.488 e. The molecule has 5 rings (SSSR count). The molecule has 64 heavy (non-hydrogen) atoms. The standard InChI is InChI=1S/C43H53FN4O14SSi/c1-11-30-12-26(2)21-45(30)41(49)33-17-37(57-7)39(19-35(33)47(51)52)59-23-28-14-29(16-32(15-28)62-63(44,55)56)24-60-40-20-36(48(53)54)34(18-38(40)58-8)42(50)46-22-27(3)13-31(46)25-61-64(9,10)43(4,5)6/h14-20,30-31H,2-3,11-13,21-25H2,1,4-10H3/t30-,31+/m1/s1. The highest BCUT2D eigenvalue weighted by molar-refractivity contribution is 7.81. The van der Waals surface area contributed by atoms with Crippen LogP contribution in [0.25, 0.3) is 0 Å². The monoisotopic (exact) mass is 928 g/mol. The Morgan fingerprint density at radius 1 is 0.781 bits per heavy atom. The lowest BCUT2D eigenvalue weighted by atomic mass is 10.1. The summed E-state index contributed by atoms with van der Waals surface area (Å²) in [6, 6.07) is 7.59. The van der Waals surface area contributed by atoms with Gasteiger partial charge in [0.1, 0.15) is 30.1 Å². The predicted molar refractivity (Wildman–Crippen MR) is 236 cm³/mol. The van der Waals surface area contributed by atoms with Gasteiger partial charge in [-0.1, -0.05) is 55.9 Å². The molecule has 2 aliphatic heterocycles. The van der Waals surface area contributed by atoms with Crippen LogP contribution in [-0.2, 0) is 28.1 Å². The zero-order valence-corrected chi connectivity index (χ0v) is 38.9. The quantitative estimate of drug-likeness (QED) is 0.0386. The number of rotatable bonds is 18. The molecule has 0 aliphatic carbocycles. The highest BCUT2D eigenvalue weighted by Gasteiger charge is 2.41. The molecule has 2 atom stereocenters. The second-order valence-corrected chi connectivity index (χ2v) is 22.9. The van der Waals surface area contributed by atoms with E-state index >= 15 is 0 Å². The predicted octanol–water partition coefficient (Wildman–Crippen LogP) is 8.24. The van der Waals surface area contributed by atoms with E-state index in [0.29, 0.717) is 19.3 Å². The molecule has 3 aromatic carbocycles. The summed E-state index contributed by atoms with van der Waals surface area (Å²) < 4.78 is 70.6. The van der Waals surface area contributed by atoms with Gasteiger partial charge in [0.05, 0.1) is 48.8 Å². The number of nitrogens with zero attached hydrogens (tertiary/aromatic N) is 4. The van der Waals surface area contributed by atoms with Crippen LogP contribution < -0.4 is 23.1 Å². The van der Waals surface area contributed by atoms with Crippen LogP contribution in [0.15, 0.2) is 66.8 Å². The van der Waals surface area contributed by atoms with E-state index in [1.54, 1.807) is 0 Å². The summed E-state index contributed by atoms with van der Waals surface area (Å²) in [6.45, 7) is 20.2. The largest absolute Gasteiger partial charge is 0.493 e. The minimum atomic E-state index is -5.53. The summed E-state index contributed by atoms with van der Waals surface area (Å²) in [5, 5.41) is 24.6. The third-order valence-corrected chi connectivity index (χ3v) is 16.5. The average molecular weight is 929 g/mol. The van der Waals surface area contributed by atoms with E-state index in [0.717, 1.165) is 35.4 Å². The first-order valence-corrected chi connectivity index (χ1v) is 24.4. The summed E-state index contributed by atoms with van der Waals surface area (Å²) in [4.78, 5) is 53.9. The third-order valence-electron chi connectivity index (χ3n) is 11.6. The zero-order valence-electron chi connectivity index (χ0n) is 37.1. The van der Waals surface area contributed by atoms with E-state index in [4.69, 9.17) is 23.4 Å². The number of nitro benzene ring substituents is 2. The lowest BCUT2D eigenvalue weighted by molar-refractivity contribution is -0.385. The second-order valence-electron chi connectivity index (χ2n) is 17.2. The Kier molecular flexibility index (Phi) is 14.8. The van der Waals surface area contributed by atoms with Gasteiger partial charge in [-0.2, -0.15) is 8.42 Å². The molecule has 2 saturated heterocycles. The molecule has 18 nitrogen and oxygen atoms in total. The number of carbonyl (C=O) groups is 2. The van der Waals surface area contributed by atoms with E-state index in [-0.39, 0.29) is 76.0 Å². The Labute approximate surface area is 372 Å². The van der Waals surface area contributed by atoms with Gasteiger partial charge in [-0.05, 0) is 66.7 Å². The molecule has 2 aliphatic rings. The van der Waals surface area contributed by atoms with Crippen molar-refractivity contribution in [3.63, 3.8) is 0 Å². The average Bonchev–Trinajstić information content (AvgIpc) is 3.79. The first-order valence-electron chi connectivity index (χ1n) is 20.2. The Hall–Kier alpha value is -6.06. The number of ether oxygens (including phenoxy) is 4. The van der Waals surface area contributed by atoms with Crippen LogP contribution in [0.2, 0.25) is 18.1 Å². The molecule has 0 saturated carbocycles. The molecule has 0 aromatic heterocycles. The van der Waals surface area contributed by atoms with Crippen LogP contribution in [-0.4, -0.2) is 94.2 Å². The number of nitro groups is 2. The fourth-order valence-corrected chi connectivity index (χ4v) is 8.61.